The number of rotatable bonds is 6. The van der Waals surface area contributed by atoms with Crippen LogP contribution in [-0.4, -0.2) is 31.7 Å². The number of thiazole rings is 1. The molecule has 0 spiro atoms. The van der Waals surface area contributed by atoms with E-state index in [1.165, 1.54) is 0 Å². The molecule has 1 aliphatic carbocycles. The molecule has 0 saturated heterocycles. The second-order valence-electron chi connectivity index (χ2n) is 6.47. The number of ether oxygens (including phenoxy) is 1. The maximum absolute atomic E-state index is 12.3. The maximum Gasteiger partial charge on any atom is 0.291 e. The summed E-state index contributed by atoms with van der Waals surface area (Å²) < 4.78 is 31.7. The standard InChI is InChI=1S/C18H20N2O5S2/c1-4-12-9-26-18(19-12)27(23,24)20-15(22)8-25-14-6-5-10(2)16-11(3)7-13(21)17(14)16/h5-6,9,11H,4,7-8H2,1-3H3,(H,20,22). The average molecular weight is 409 g/mol. The second kappa shape index (κ2) is 7.40. The number of aryl methyl sites for hydroxylation is 2. The normalized spacial score (nSPS) is 16.3. The molecule has 0 fully saturated rings. The lowest BCUT2D eigenvalue weighted by molar-refractivity contribution is -0.121. The molecule has 0 bridgehead atoms. The zero-order chi connectivity index (χ0) is 19.8. The van der Waals surface area contributed by atoms with E-state index in [0.717, 1.165) is 22.5 Å². The molecule has 0 aliphatic heterocycles. The molecule has 1 atom stereocenters. The number of fused-ring (bicyclic) bond motifs is 1. The van der Waals surface area contributed by atoms with E-state index in [-0.39, 0.29) is 16.0 Å². The van der Waals surface area contributed by atoms with Gasteiger partial charge in [0.15, 0.2) is 12.4 Å². The molecule has 0 radical (unpaired) electrons. The van der Waals surface area contributed by atoms with E-state index < -0.39 is 22.5 Å². The third kappa shape index (κ3) is 3.89. The third-order valence-corrected chi connectivity index (χ3v) is 7.10. The molecule has 1 amide bonds. The fourth-order valence-corrected chi connectivity index (χ4v) is 5.25. The maximum atomic E-state index is 12.3. The van der Waals surface area contributed by atoms with Crippen molar-refractivity contribution in [3.05, 3.63) is 39.9 Å². The van der Waals surface area contributed by atoms with Crippen LogP contribution < -0.4 is 9.46 Å². The minimum atomic E-state index is -4.03. The van der Waals surface area contributed by atoms with Crippen molar-refractivity contribution >= 4 is 33.1 Å². The summed E-state index contributed by atoms with van der Waals surface area (Å²) in [6.07, 6.45) is 1.01. The Balaban J connectivity index is 1.71. The van der Waals surface area contributed by atoms with E-state index in [2.05, 4.69) is 4.98 Å². The molecule has 7 nitrogen and oxygen atoms in total. The fraction of sp³-hybridized carbons (Fsp3) is 0.389. The lowest BCUT2D eigenvalue weighted by Crippen LogP contribution is -2.34. The smallest absolute Gasteiger partial charge is 0.291 e. The minimum absolute atomic E-state index is 0.0286. The van der Waals surface area contributed by atoms with Gasteiger partial charge in [0.2, 0.25) is 4.34 Å². The van der Waals surface area contributed by atoms with E-state index in [9.17, 15) is 18.0 Å². The lowest BCUT2D eigenvalue weighted by Gasteiger charge is -2.13. The number of nitrogens with one attached hydrogen (secondary N) is 1. The monoisotopic (exact) mass is 408 g/mol. The van der Waals surface area contributed by atoms with Crippen molar-refractivity contribution < 1.29 is 22.7 Å². The zero-order valence-corrected chi connectivity index (χ0v) is 16.9. The van der Waals surface area contributed by atoms with Gasteiger partial charge < -0.3 is 4.74 Å². The van der Waals surface area contributed by atoms with Gasteiger partial charge in [-0.1, -0.05) is 19.9 Å². The Morgan fingerprint density at radius 3 is 2.81 bits per heavy atom. The summed E-state index contributed by atoms with van der Waals surface area (Å²) in [6.45, 7) is 5.25. The van der Waals surface area contributed by atoms with Crippen molar-refractivity contribution in [1.82, 2.24) is 9.71 Å². The van der Waals surface area contributed by atoms with Crippen LogP contribution in [0.4, 0.5) is 0 Å². The second-order valence-corrected chi connectivity index (χ2v) is 9.19. The zero-order valence-electron chi connectivity index (χ0n) is 15.2. The molecule has 1 aromatic heterocycles. The molecule has 1 aliphatic rings. The number of sulfonamides is 1. The molecule has 1 unspecified atom stereocenters. The van der Waals surface area contributed by atoms with Crippen LogP contribution in [0, 0.1) is 6.92 Å². The van der Waals surface area contributed by atoms with Crippen LogP contribution in [0.1, 0.15) is 53.4 Å². The first-order chi connectivity index (χ1) is 12.7. The topological polar surface area (TPSA) is 102 Å². The van der Waals surface area contributed by atoms with Crippen molar-refractivity contribution in [3.8, 4) is 5.75 Å². The summed E-state index contributed by atoms with van der Waals surface area (Å²) in [4.78, 5) is 28.3. The van der Waals surface area contributed by atoms with Crippen LogP contribution in [0.3, 0.4) is 0 Å². The number of aromatic nitrogens is 1. The van der Waals surface area contributed by atoms with Gasteiger partial charge in [0, 0.05) is 11.8 Å². The van der Waals surface area contributed by atoms with Gasteiger partial charge in [0.05, 0.1) is 11.3 Å². The molecule has 144 valence electrons. The number of ketones is 1. The quantitative estimate of drug-likeness (QED) is 0.788. The Kier molecular flexibility index (Phi) is 5.34. The molecule has 3 rings (SSSR count). The molecule has 1 aromatic carbocycles. The highest BCUT2D eigenvalue weighted by Gasteiger charge is 2.31. The summed E-state index contributed by atoms with van der Waals surface area (Å²) in [7, 11) is -4.03. The first-order valence-electron chi connectivity index (χ1n) is 8.52. The molecule has 2 aromatic rings. The third-order valence-electron chi connectivity index (χ3n) is 4.42. The summed E-state index contributed by atoms with van der Waals surface area (Å²) in [6, 6.07) is 3.47. The van der Waals surface area contributed by atoms with Crippen molar-refractivity contribution in [3.63, 3.8) is 0 Å². The summed E-state index contributed by atoms with van der Waals surface area (Å²) in [5, 5.41) is 1.64. The Morgan fingerprint density at radius 2 is 2.15 bits per heavy atom. The largest absolute Gasteiger partial charge is 0.483 e. The van der Waals surface area contributed by atoms with Crippen LogP contribution in [0.25, 0.3) is 0 Å². The minimum Gasteiger partial charge on any atom is -0.483 e. The van der Waals surface area contributed by atoms with E-state index in [1.54, 1.807) is 11.4 Å². The molecule has 1 N–H and O–H groups in total. The summed E-state index contributed by atoms with van der Waals surface area (Å²) in [5.74, 6) is -0.446. The number of amides is 1. The van der Waals surface area contributed by atoms with Gasteiger partial charge in [-0.05, 0) is 36.5 Å². The highest BCUT2D eigenvalue weighted by atomic mass is 32.2. The number of Topliss-reactive ketones (excluding diaryl/α,β-unsaturated/α-hetero) is 1. The van der Waals surface area contributed by atoms with E-state index >= 15 is 0 Å². The van der Waals surface area contributed by atoms with Crippen LogP contribution >= 0.6 is 11.3 Å². The highest BCUT2D eigenvalue weighted by Crippen LogP contribution is 2.40. The van der Waals surface area contributed by atoms with Crippen LogP contribution in [0.5, 0.6) is 5.75 Å². The van der Waals surface area contributed by atoms with Gasteiger partial charge in [-0.3, -0.25) is 9.59 Å². The fourth-order valence-electron chi connectivity index (χ4n) is 3.17. The molecule has 0 saturated carbocycles. The first kappa shape index (κ1) is 19.5. The van der Waals surface area contributed by atoms with E-state index in [4.69, 9.17) is 4.74 Å². The van der Waals surface area contributed by atoms with Crippen LogP contribution in [0.15, 0.2) is 21.9 Å². The predicted octanol–water partition coefficient (Wildman–Crippen LogP) is 2.59. The number of benzene rings is 1. The van der Waals surface area contributed by atoms with Crippen molar-refractivity contribution in [2.24, 2.45) is 0 Å². The van der Waals surface area contributed by atoms with Gasteiger partial charge in [-0.15, -0.1) is 11.3 Å². The van der Waals surface area contributed by atoms with Crippen molar-refractivity contribution in [2.75, 3.05) is 6.61 Å². The predicted molar refractivity (Wildman–Crippen MR) is 101 cm³/mol. The van der Waals surface area contributed by atoms with E-state index in [0.29, 0.717) is 29.8 Å². The highest BCUT2D eigenvalue weighted by molar-refractivity contribution is 7.92. The number of hydrogen-bond donors (Lipinski definition) is 1. The Bertz CT molecular complexity index is 1010. The van der Waals surface area contributed by atoms with E-state index in [1.807, 2.05) is 31.6 Å². The Hall–Kier alpha value is -2.26. The SMILES string of the molecule is CCc1csc(S(=O)(=O)NC(=O)COc2ccc(C)c3c2C(=O)CC3C)n1. The molecular weight excluding hydrogens is 388 g/mol. The lowest BCUT2D eigenvalue weighted by atomic mass is 9.97. The molecule has 9 heteroatoms. The summed E-state index contributed by atoms with van der Waals surface area (Å²) >= 11 is 0.957. The van der Waals surface area contributed by atoms with Gasteiger partial charge >= 0.3 is 0 Å². The van der Waals surface area contributed by atoms with Crippen LogP contribution in [0.2, 0.25) is 0 Å². The molecule has 27 heavy (non-hydrogen) atoms. The van der Waals surface area contributed by atoms with Gasteiger partial charge in [-0.25, -0.2) is 9.71 Å². The number of carbonyl (C=O) groups excluding carboxylic acids is 2. The van der Waals surface area contributed by atoms with Gasteiger partial charge in [-0.2, -0.15) is 8.42 Å². The van der Waals surface area contributed by atoms with Crippen LogP contribution in [-0.2, 0) is 21.2 Å². The van der Waals surface area contributed by atoms with Crippen molar-refractivity contribution in [1.29, 1.82) is 0 Å². The number of hydrogen-bond acceptors (Lipinski definition) is 7. The van der Waals surface area contributed by atoms with Gasteiger partial charge in [0.1, 0.15) is 5.75 Å². The first-order valence-corrected chi connectivity index (χ1v) is 10.9. The number of nitrogens with zero attached hydrogens (tertiary/aromatic N) is 1. The Labute approximate surface area is 161 Å². The Morgan fingerprint density at radius 1 is 1.41 bits per heavy atom. The van der Waals surface area contributed by atoms with Gasteiger partial charge in [0.25, 0.3) is 15.9 Å². The summed E-state index contributed by atoms with van der Waals surface area (Å²) in [5.41, 5.74) is 3.07. The molecular formula is C18H20N2O5S2. The average Bonchev–Trinajstić information content (AvgIpc) is 3.20. The molecule has 1 heterocycles. The van der Waals surface area contributed by atoms with Crippen molar-refractivity contribution in [2.45, 2.75) is 43.9 Å². The number of carbonyl (C=O) groups is 2.